The van der Waals surface area contributed by atoms with Gasteiger partial charge in [-0.15, -0.1) is 30.6 Å². The van der Waals surface area contributed by atoms with Crippen molar-refractivity contribution in [2.45, 2.75) is 105 Å². The maximum absolute atomic E-state index is 11.8. The molecule has 4 heterocycles. The molecular weight excluding hydrogens is 1740 g/mol. The number of nitrogens with zero attached hydrogens (tertiary/aromatic N) is 3. The topological polar surface area (TPSA) is 329 Å². The summed E-state index contributed by atoms with van der Waals surface area (Å²) in [5.41, 5.74) is 0.222. The quantitative estimate of drug-likeness (QED) is 0.00399. The standard InChI is InChI=1S/2C9H18N2O4SSi.C9H18N2O2SSi.C7H5ClO3.C7H17IO2Si.C3H4N2S.C2H5O.I2.HI.K/c2*1-14-17(3,15-2)8-4-7-16(12,13)9-10-5-6-11-9;1-12-15(3,13-2)8-4-7-14-9-10-5-6-11-9;8-6-3-1-2-5(4-6)7(9)11-10;1-4-10-11(3,9-2)7-5-6-8;6-3-4-1-2-5-3;1-2-3;1-2;;/h2*5-6H,4,7-8H2,1-3H3,(H,10,11);5-6H,4,7-8H2,1-3H3,(H,10,11);1-4,10H;4-7H2,1-3H3;1-2H,(H2,4,5,6);2H2,1H3;;1H;/q;;;;;;-1;;;+1. The molecule has 0 spiro atoms. The van der Waals surface area contributed by atoms with Crippen LogP contribution in [-0.2, 0) is 60.0 Å². The van der Waals surface area contributed by atoms with E-state index < -0.39 is 59.9 Å². The van der Waals surface area contributed by atoms with E-state index in [0.717, 1.165) is 36.0 Å². The van der Waals surface area contributed by atoms with Gasteiger partial charge in [-0.1, -0.05) is 58.9 Å². The van der Waals surface area contributed by atoms with Crippen molar-refractivity contribution in [2.75, 3.05) is 84.7 Å². The predicted octanol–water partition coefficient (Wildman–Crippen LogP) is 8.50. The molecule has 0 fully saturated rings. The third-order valence-corrected chi connectivity index (χ3v) is 28.5. The molecule has 0 aliphatic heterocycles. The predicted molar refractivity (Wildman–Crippen MR) is 374 cm³/mol. The number of H-pyrrole nitrogens is 5. The van der Waals surface area contributed by atoms with E-state index in [4.69, 9.17) is 57.4 Å². The maximum Gasteiger partial charge on any atom is 1.00 e. The largest absolute Gasteiger partial charge is 1.00 e. The molecule has 1 unspecified atom stereocenters. The van der Waals surface area contributed by atoms with Crippen LogP contribution in [0.3, 0.4) is 0 Å². The number of alkyl halides is 1. The molecule has 0 amide bonds. The van der Waals surface area contributed by atoms with Crippen LogP contribution in [0.4, 0.5) is 0 Å². The van der Waals surface area contributed by atoms with Crippen LogP contribution < -0.4 is 56.5 Å². The van der Waals surface area contributed by atoms with E-state index in [1.807, 2.05) is 26.2 Å². The van der Waals surface area contributed by atoms with Gasteiger partial charge in [-0.2, -0.15) is 5.26 Å². The van der Waals surface area contributed by atoms with Gasteiger partial charge in [0.15, 0.2) is 9.93 Å². The summed E-state index contributed by atoms with van der Waals surface area (Å²) in [4.78, 5) is 39.6. The van der Waals surface area contributed by atoms with Crippen molar-refractivity contribution >= 4 is 179 Å². The summed E-state index contributed by atoms with van der Waals surface area (Å²) >= 11 is 18.5. The summed E-state index contributed by atoms with van der Waals surface area (Å²) in [5.74, 6) is 0.335. The van der Waals surface area contributed by atoms with Crippen LogP contribution >= 0.6 is 119 Å². The third kappa shape index (κ3) is 45.6. The molecule has 6 N–H and O–H groups in total. The maximum atomic E-state index is 11.8. The Balaban J connectivity index is -0.000000297. The molecule has 24 nitrogen and oxygen atoms in total. The Hall–Kier alpha value is 1.31. The Labute approximate surface area is 613 Å². The zero-order chi connectivity index (χ0) is 63.2. The van der Waals surface area contributed by atoms with Gasteiger partial charge < -0.3 is 65.4 Å². The molecule has 1 aromatic carbocycles. The SMILES string of the molecule is CCO[Si](C)(CCCI)OC.CC[O-].CO[Si](C)(CCCS(=O)(=O)c1ncc[nH]1)OC.CO[Si](C)(CCCS(=O)(=O)c1ncc[nH]1)OC.CO[Si](C)(CCCSc1ncc[nH]1)OC.I.II.O=C(OO)c1cccc(Cl)c1.S=c1[nH]cc[nH]1.[K+]. The number of aromatic nitrogens is 8. The molecule has 0 bridgehead atoms. The van der Waals surface area contributed by atoms with Crippen LogP contribution in [-0.4, -0.2) is 187 Å². The Morgan fingerprint density at radius 1 is 0.667 bits per heavy atom. The fourth-order valence-electron chi connectivity index (χ4n) is 5.83. The van der Waals surface area contributed by atoms with Crippen LogP contribution in [0.5, 0.6) is 0 Å². The van der Waals surface area contributed by atoms with Crippen LogP contribution in [0.1, 0.15) is 49.9 Å². The van der Waals surface area contributed by atoms with Crippen molar-refractivity contribution in [2.24, 2.45) is 0 Å². The summed E-state index contributed by atoms with van der Waals surface area (Å²) < 4.78 is 92.0. The average molecular weight is 1830 g/mol. The molecule has 84 heavy (non-hydrogen) atoms. The average Bonchev–Trinajstić information content (AvgIpc) is 4.43. The Bertz CT molecular complexity index is 2480. The van der Waals surface area contributed by atoms with Gasteiger partial charge >= 0.3 is 91.6 Å². The number of hydrogen-bond donors (Lipinski definition) is 6. The molecule has 5 rings (SSSR count). The van der Waals surface area contributed by atoms with Crippen LogP contribution in [0.15, 0.2) is 89.3 Å². The molecule has 1 atom stereocenters. The third-order valence-electron chi connectivity index (χ3n) is 11.0. The van der Waals surface area contributed by atoms with E-state index in [1.54, 1.807) is 99.2 Å². The van der Waals surface area contributed by atoms with E-state index in [0.29, 0.717) is 34.7 Å². The van der Waals surface area contributed by atoms with Crippen LogP contribution in [0.2, 0.25) is 55.4 Å². The number of carbonyl (C=O) groups is 1. The second-order valence-electron chi connectivity index (χ2n) is 16.8. The second kappa shape index (κ2) is 55.9. The first-order chi connectivity index (χ1) is 38.8. The molecule has 5 aromatic rings. The van der Waals surface area contributed by atoms with Crippen LogP contribution in [0.25, 0.3) is 0 Å². The minimum atomic E-state index is -3.31. The van der Waals surface area contributed by atoms with Crippen molar-refractivity contribution in [1.29, 1.82) is 0 Å². The number of nitrogens with one attached hydrogen (secondary N) is 5. The van der Waals surface area contributed by atoms with E-state index in [2.05, 4.69) is 130 Å². The zero-order valence-electron chi connectivity index (χ0n) is 50.3. The fourth-order valence-corrected chi connectivity index (χ4v) is 17.2. The number of halogens is 5. The summed E-state index contributed by atoms with van der Waals surface area (Å²) in [6.45, 7) is 12.4. The number of benzene rings is 1. The Morgan fingerprint density at radius 3 is 1.37 bits per heavy atom. The van der Waals surface area contributed by atoms with Gasteiger partial charge in [-0.3, -0.25) is 4.89 Å². The summed E-state index contributed by atoms with van der Waals surface area (Å²) in [5, 5.41) is 18.4. The van der Waals surface area contributed by atoms with E-state index in [9.17, 15) is 21.6 Å². The molecule has 0 radical (unpaired) electrons. The molecule has 0 saturated heterocycles. The van der Waals surface area contributed by atoms with Crippen LogP contribution in [0, 0.1) is 4.77 Å². The molecule has 482 valence electrons. The summed E-state index contributed by atoms with van der Waals surface area (Å²) in [6.07, 6.45) is 16.3. The number of hydrogen-bond acceptors (Lipinski definition) is 21. The van der Waals surface area contributed by atoms with Gasteiger partial charge in [0.1, 0.15) is 0 Å². The van der Waals surface area contributed by atoms with Gasteiger partial charge in [-0.25, -0.2) is 36.6 Å². The monoisotopic (exact) mass is 1830 g/mol. The van der Waals surface area contributed by atoms with Gasteiger partial charge in [-0.05, 0) is 118 Å². The molecule has 4 aromatic heterocycles. The van der Waals surface area contributed by atoms with E-state index in [-0.39, 0.29) is 109 Å². The Kier molecular flexibility index (Phi) is 62.6. The van der Waals surface area contributed by atoms with Crippen molar-refractivity contribution in [1.82, 2.24) is 39.9 Å². The Morgan fingerprint density at radius 2 is 1.06 bits per heavy atom. The number of rotatable bonds is 28. The molecule has 0 saturated carbocycles. The number of imidazole rings is 4. The minimum Gasteiger partial charge on any atom is -0.855 e. The van der Waals surface area contributed by atoms with Crippen molar-refractivity contribution < 1.29 is 124 Å². The molecule has 0 aliphatic carbocycles. The van der Waals surface area contributed by atoms with Gasteiger partial charge in [0, 0.05) is 154 Å². The normalized spacial score (nSPS) is 11.6. The number of thioether (sulfide) groups is 1. The van der Waals surface area contributed by atoms with Crippen molar-refractivity contribution in [3.05, 3.63) is 89.2 Å². The summed E-state index contributed by atoms with van der Waals surface area (Å²) in [7, 11) is -2.99. The second-order valence-corrected chi connectivity index (χ2v) is 38.1. The number of sulfone groups is 2. The molecule has 38 heteroatoms. The minimum absolute atomic E-state index is 0. The molecular formula is C46H86ClI4KN8O16S4Si4. The van der Waals surface area contributed by atoms with Gasteiger partial charge in [0.2, 0.25) is 30.0 Å². The smallest absolute Gasteiger partial charge is 0.855 e. The van der Waals surface area contributed by atoms with Crippen molar-refractivity contribution in [3.63, 3.8) is 0 Å². The first-order valence-corrected chi connectivity index (χ1v) is 48.0. The van der Waals surface area contributed by atoms with Crippen molar-refractivity contribution in [3.8, 4) is 0 Å². The first kappa shape index (κ1) is 94.0. The first-order valence-electron chi connectivity index (χ1n) is 25.0. The van der Waals surface area contributed by atoms with E-state index in [1.165, 1.54) is 47.8 Å². The molecule has 0 aliphatic rings. The van der Waals surface area contributed by atoms with Gasteiger partial charge in [0.25, 0.3) is 0 Å². The van der Waals surface area contributed by atoms with Gasteiger partial charge in [0.05, 0.1) is 17.1 Å². The summed E-state index contributed by atoms with van der Waals surface area (Å²) in [6, 6.07) is 9.52. The number of aromatic amines is 5. The zero-order valence-corrected chi connectivity index (χ0v) is 70.2. The van der Waals surface area contributed by atoms with E-state index >= 15 is 0 Å². The number of carbonyl (C=O) groups excluding carboxylic acids is 1. The fraction of sp³-hybridized carbons (Fsp3) is 0.587.